The second-order valence-electron chi connectivity index (χ2n) is 8.14. The molecule has 3 heterocycles. The Bertz CT molecular complexity index is 658. The van der Waals surface area contributed by atoms with E-state index in [0.717, 1.165) is 5.76 Å². The van der Waals surface area contributed by atoms with E-state index < -0.39 is 0 Å². The molecule has 3 aliphatic rings. The first-order valence-electron chi connectivity index (χ1n) is 10.5. The Morgan fingerprint density at radius 2 is 2.14 bits per heavy atom. The molecule has 3 atom stereocenters. The summed E-state index contributed by atoms with van der Waals surface area (Å²) in [6.07, 6.45) is 6.83. The van der Waals surface area contributed by atoms with Crippen molar-refractivity contribution in [3.63, 3.8) is 0 Å². The number of carbonyl (C=O) groups excluding carboxylic acids is 2. The van der Waals surface area contributed by atoms with Crippen LogP contribution in [-0.4, -0.2) is 61.8 Å². The highest BCUT2D eigenvalue weighted by atomic mass is 16.5. The summed E-state index contributed by atoms with van der Waals surface area (Å²) in [6, 6.07) is 3.92. The average Bonchev–Trinajstić information content (AvgIpc) is 3.35. The first-order valence-corrected chi connectivity index (χ1v) is 10.5. The number of ether oxygens (including phenoxy) is 2. The van der Waals surface area contributed by atoms with Crippen molar-refractivity contribution >= 4 is 11.8 Å². The van der Waals surface area contributed by atoms with Crippen molar-refractivity contribution in [2.75, 3.05) is 32.9 Å². The second kappa shape index (κ2) is 9.09. The minimum atomic E-state index is -0.106. The van der Waals surface area contributed by atoms with Crippen LogP contribution in [0.2, 0.25) is 0 Å². The fraction of sp³-hybridized carbons (Fsp3) is 0.714. The summed E-state index contributed by atoms with van der Waals surface area (Å²) in [7, 11) is 0. The Hall–Kier alpha value is -1.86. The zero-order chi connectivity index (χ0) is 19.3. The molecule has 4 rings (SSSR count). The Balaban J connectivity index is 1.21. The lowest BCUT2D eigenvalue weighted by Crippen LogP contribution is -2.55. The van der Waals surface area contributed by atoms with Crippen LogP contribution >= 0.6 is 0 Å². The molecule has 7 heteroatoms. The number of hydrogen-bond donors (Lipinski definition) is 1. The predicted octanol–water partition coefficient (Wildman–Crippen LogP) is 1.76. The average molecular weight is 390 g/mol. The third-order valence-electron chi connectivity index (χ3n) is 6.28. The number of carbonyl (C=O) groups is 2. The number of nitrogens with zero attached hydrogens (tertiary/aromatic N) is 1. The first-order chi connectivity index (χ1) is 13.7. The molecule has 2 saturated heterocycles. The number of morpholine rings is 1. The molecule has 1 unspecified atom stereocenters. The van der Waals surface area contributed by atoms with E-state index in [1.165, 1.54) is 19.3 Å². The first kappa shape index (κ1) is 19.5. The maximum atomic E-state index is 13.1. The summed E-state index contributed by atoms with van der Waals surface area (Å²) in [6.45, 7) is 2.87. The molecule has 1 N–H and O–H groups in total. The van der Waals surface area contributed by atoms with Crippen molar-refractivity contribution in [3.05, 3.63) is 24.2 Å². The van der Waals surface area contributed by atoms with E-state index in [1.807, 2.05) is 17.0 Å². The van der Waals surface area contributed by atoms with Crippen LogP contribution in [0.5, 0.6) is 0 Å². The molecular weight excluding hydrogens is 360 g/mol. The molecule has 7 nitrogen and oxygen atoms in total. The Morgan fingerprint density at radius 1 is 1.25 bits per heavy atom. The van der Waals surface area contributed by atoms with E-state index in [1.54, 1.807) is 6.26 Å². The molecule has 2 amide bonds. The second-order valence-corrected chi connectivity index (χ2v) is 8.14. The van der Waals surface area contributed by atoms with E-state index in [0.29, 0.717) is 58.1 Å². The van der Waals surface area contributed by atoms with Gasteiger partial charge in [0.2, 0.25) is 11.8 Å². The topological polar surface area (TPSA) is 81.0 Å². The summed E-state index contributed by atoms with van der Waals surface area (Å²) in [4.78, 5) is 27.1. The molecule has 0 aromatic carbocycles. The summed E-state index contributed by atoms with van der Waals surface area (Å²) in [5.41, 5.74) is 0. The van der Waals surface area contributed by atoms with Crippen molar-refractivity contribution in [1.82, 2.24) is 10.2 Å². The molecule has 154 valence electrons. The number of hydrogen-bond acceptors (Lipinski definition) is 5. The van der Waals surface area contributed by atoms with Gasteiger partial charge in [-0.1, -0.05) is 6.42 Å². The Morgan fingerprint density at radius 3 is 2.89 bits per heavy atom. The monoisotopic (exact) mass is 390 g/mol. The number of furan rings is 1. The number of amides is 2. The minimum Gasteiger partial charge on any atom is -0.469 e. The Kier molecular flexibility index (Phi) is 6.32. The van der Waals surface area contributed by atoms with Gasteiger partial charge < -0.3 is 24.1 Å². The molecular formula is C21H30N2O5. The fourth-order valence-corrected chi connectivity index (χ4v) is 4.37. The Labute approximate surface area is 165 Å². The third-order valence-corrected chi connectivity index (χ3v) is 6.28. The fourth-order valence-electron chi connectivity index (χ4n) is 4.37. The van der Waals surface area contributed by atoms with E-state index in [2.05, 4.69) is 5.32 Å². The highest BCUT2D eigenvalue weighted by molar-refractivity contribution is 5.80. The quantitative estimate of drug-likeness (QED) is 0.767. The van der Waals surface area contributed by atoms with E-state index in [-0.39, 0.29) is 29.9 Å². The summed E-state index contributed by atoms with van der Waals surface area (Å²) < 4.78 is 16.7. The van der Waals surface area contributed by atoms with Crippen molar-refractivity contribution in [2.24, 2.45) is 11.8 Å². The molecule has 1 aliphatic carbocycles. The van der Waals surface area contributed by atoms with Gasteiger partial charge in [0.15, 0.2) is 0 Å². The predicted molar refractivity (Wildman–Crippen MR) is 102 cm³/mol. The van der Waals surface area contributed by atoms with Gasteiger partial charge >= 0.3 is 0 Å². The number of rotatable bonds is 7. The SMILES string of the molecule is O=C(CCc1ccco1)NC[C@@H]1C[C@H](C(=O)N2CCOCC2C2CCC2)CO1. The van der Waals surface area contributed by atoms with Gasteiger partial charge in [-0.15, -0.1) is 0 Å². The molecule has 1 saturated carbocycles. The highest BCUT2D eigenvalue weighted by Crippen LogP contribution is 2.35. The van der Waals surface area contributed by atoms with Crippen LogP contribution in [0.1, 0.15) is 37.9 Å². The van der Waals surface area contributed by atoms with Gasteiger partial charge in [0, 0.05) is 25.9 Å². The van der Waals surface area contributed by atoms with E-state index >= 15 is 0 Å². The van der Waals surface area contributed by atoms with Crippen LogP contribution in [0.25, 0.3) is 0 Å². The van der Waals surface area contributed by atoms with Gasteiger partial charge in [-0.3, -0.25) is 9.59 Å². The maximum Gasteiger partial charge on any atom is 0.228 e. The molecule has 28 heavy (non-hydrogen) atoms. The molecule has 1 aromatic heterocycles. The van der Waals surface area contributed by atoms with Gasteiger partial charge in [-0.05, 0) is 37.3 Å². The van der Waals surface area contributed by atoms with Crippen molar-refractivity contribution in [2.45, 2.75) is 50.7 Å². The van der Waals surface area contributed by atoms with Crippen molar-refractivity contribution in [3.8, 4) is 0 Å². The van der Waals surface area contributed by atoms with Gasteiger partial charge in [0.1, 0.15) is 5.76 Å². The van der Waals surface area contributed by atoms with Crippen LogP contribution in [0.4, 0.5) is 0 Å². The van der Waals surface area contributed by atoms with Crippen LogP contribution in [0, 0.1) is 11.8 Å². The molecule has 1 aromatic rings. The highest BCUT2D eigenvalue weighted by Gasteiger charge is 2.40. The van der Waals surface area contributed by atoms with E-state index in [9.17, 15) is 9.59 Å². The molecule has 3 fully saturated rings. The minimum absolute atomic E-state index is 0.0204. The molecule has 0 radical (unpaired) electrons. The van der Waals surface area contributed by atoms with Crippen LogP contribution in [0.3, 0.4) is 0 Å². The lowest BCUT2D eigenvalue weighted by molar-refractivity contribution is -0.148. The maximum absolute atomic E-state index is 13.1. The number of aryl methyl sites for hydroxylation is 1. The largest absolute Gasteiger partial charge is 0.469 e. The zero-order valence-corrected chi connectivity index (χ0v) is 16.3. The van der Waals surface area contributed by atoms with Gasteiger partial charge in [0.25, 0.3) is 0 Å². The van der Waals surface area contributed by atoms with Crippen LogP contribution in [0.15, 0.2) is 22.8 Å². The van der Waals surface area contributed by atoms with E-state index in [4.69, 9.17) is 13.9 Å². The summed E-state index contributed by atoms with van der Waals surface area (Å²) in [5, 5.41) is 2.92. The normalized spacial score (nSPS) is 28.1. The van der Waals surface area contributed by atoms with Gasteiger partial charge in [-0.2, -0.15) is 0 Å². The third kappa shape index (κ3) is 4.58. The lowest BCUT2D eigenvalue weighted by Gasteiger charge is -2.44. The standard InChI is InChI=1S/C21H30N2O5/c24-20(7-6-17-5-2-9-27-17)22-12-18-11-16(13-28-18)21(25)23-8-10-26-14-19(23)15-3-1-4-15/h2,5,9,15-16,18-19H,1,3-4,6-8,10-14H2,(H,22,24)/t16-,18-,19?/m0/s1. The molecule has 2 aliphatic heterocycles. The zero-order valence-electron chi connectivity index (χ0n) is 16.3. The van der Waals surface area contributed by atoms with Crippen LogP contribution < -0.4 is 5.32 Å². The summed E-state index contributed by atoms with van der Waals surface area (Å²) >= 11 is 0. The lowest BCUT2D eigenvalue weighted by atomic mass is 9.78. The summed E-state index contributed by atoms with van der Waals surface area (Å²) in [5.74, 6) is 1.48. The smallest absolute Gasteiger partial charge is 0.228 e. The molecule has 0 bridgehead atoms. The number of nitrogens with one attached hydrogen (secondary N) is 1. The molecule has 0 spiro atoms. The van der Waals surface area contributed by atoms with Gasteiger partial charge in [-0.25, -0.2) is 0 Å². The van der Waals surface area contributed by atoms with Crippen molar-refractivity contribution < 1.29 is 23.5 Å². The van der Waals surface area contributed by atoms with Crippen LogP contribution in [-0.2, 0) is 25.5 Å². The van der Waals surface area contributed by atoms with Gasteiger partial charge in [0.05, 0.1) is 44.1 Å². The van der Waals surface area contributed by atoms with Crippen molar-refractivity contribution in [1.29, 1.82) is 0 Å².